The Hall–Kier alpha value is -0.694. The second kappa shape index (κ2) is 31.7. The molecule has 0 unspecified atom stereocenters. The number of alkyl halides is 1. The maximum absolute atomic E-state index is 13.1. The molecule has 1 N–H and O–H groups in total. The van der Waals surface area contributed by atoms with Crippen molar-refractivity contribution in [2.24, 2.45) is 0 Å². The molecule has 11 heteroatoms. The number of para-hydroxylation sites is 2. The molecule has 2 aromatic carbocycles. The normalized spacial score (nSPS) is 9.55. The number of aromatic hydroxyl groups is 1. The molecule has 0 aliphatic carbocycles. The first-order valence-corrected chi connectivity index (χ1v) is 14.9. The third-order valence-electron chi connectivity index (χ3n) is 4.30. The van der Waals surface area contributed by atoms with Crippen LogP contribution in [-0.2, 0) is 4.79 Å². The fourth-order valence-electron chi connectivity index (χ4n) is 2.33. The molecule has 238 valence electrons. The predicted molar refractivity (Wildman–Crippen MR) is 161 cm³/mol. The number of hydrogen-bond donors (Lipinski definition) is 1. The molecule has 0 heterocycles. The molecule has 5 nitrogen and oxygen atoms in total. The molecule has 42 heavy (non-hydrogen) atoms. The summed E-state index contributed by atoms with van der Waals surface area (Å²) >= 11 is 3.38. The van der Waals surface area contributed by atoms with Crippen molar-refractivity contribution in [1.29, 1.82) is 0 Å². The van der Waals surface area contributed by atoms with Crippen LogP contribution < -0.4 is 61.2 Å². The van der Waals surface area contributed by atoms with Gasteiger partial charge in [-0.2, -0.15) is 0 Å². The van der Waals surface area contributed by atoms with Crippen molar-refractivity contribution >= 4 is 22.3 Å². The zero-order valence-corrected chi connectivity index (χ0v) is 31.3. The molecule has 1 amide bonds. The van der Waals surface area contributed by atoms with Crippen molar-refractivity contribution in [2.45, 2.75) is 91.6 Å². The van der Waals surface area contributed by atoms with E-state index in [0.717, 1.165) is 44.2 Å². The molecule has 0 aliphatic rings. The molecule has 0 bridgehead atoms. The number of rotatable bonds is 11. The van der Waals surface area contributed by atoms with Gasteiger partial charge in [0.1, 0.15) is 0 Å². The van der Waals surface area contributed by atoms with E-state index in [4.69, 9.17) is 9.84 Å². The zero-order valence-electron chi connectivity index (χ0n) is 26.6. The third-order valence-corrected chi connectivity index (χ3v) is 4.86. The number of unbranched alkanes of at least 4 members (excludes halogenated alkanes) is 6. The Morgan fingerprint density at radius 2 is 1.19 bits per heavy atom. The largest absolute Gasteiger partial charge is 1.00 e. The van der Waals surface area contributed by atoms with Crippen LogP contribution in [0.1, 0.15) is 86.0 Å². The summed E-state index contributed by atoms with van der Waals surface area (Å²) in [7, 11) is 3.38. The Kier molecular flexibility index (Phi) is 36.4. The van der Waals surface area contributed by atoms with Gasteiger partial charge in [0, 0.05) is 19.4 Å². The van der Waals surface area contributed by atoms with Crippen LogP contribution >= 0.6 is 15.9 Å². The quantitative estimate of drug-likeness (QED) is 0.112. The van der Waals surface area contributed by atoms with Gasteiger partial charge in [0.15, 0.2) is 34.8 Å². The molecular formula is C31H49BrF4KNO4. The van der Waals surface area contributed by atoms with Gasteiger partial charge in [-0.15, -0.1) is 5.60 Å². The molecule has 2 rings (SSSR count). The average Bonchev–Trinajstić information content (AvgIpc) is 2.89. The van der Waals surface area contributed by atoms with E-state index in [9.17, 15) is 27.5 Å². The van der Waals surface area contributed by atoms with Crippen LogP contribution in [0.5, 0.6) is 11.5 Å². The van der Waals surface area contributed by atoms with Gasteiger partial charge in [-0.1, -0.05) is 101 Å². The second-order valence-electron chi connectivity index (χ2n) is 9.96. The minimum absolute atomic E-state index is 0. The first-order valence-electron chi connectivity index (χ1n) is 13.7. The maximum atomic E-state index is 13.1. The van der Waals surface area contributed by atoms with Crippen LogP contribution in [0.15, 0.2) is 36.4 Å². The van der Waals surface area contributed by atoms with Crippen LogP contribution in [0.3, 0.4) is 0 Å². The molecule has 0 fully saturated rings. The van der Waals surface area contributed by atoms with Crippen molar-refractivity contribution in [1.82, 2.24) is 4.90 Å². The fourth-order valence-corrected chi connectivity index (χ4v) is 2.73. The van der Waals surface area contributed by atoms with Gasteiger partial charge in [0.2, 0.25) is 6.41 Å². The molecule has 0 radical (unpaired) electrons. The number of phenolic OH excluding ortho intramolecular Hbond substituents is 1. The number of ether oxygens (including phenoxy) is 1. The summed E-state index contributed by atoms with van der Waals surface area (Å²) < 4.78 is 55.4. The van der Waals surface area contributed by atoms with Crippen LogP contribution in [0.2, 0.25) is 0 Å². The molecule has 0 aromatic heterocycles. The van der Waals surface area contributed by atoms with Crippen LogP contribution in [0.25, 0.3) is 0 Å². The summed E-state index contributed by atoms with van der Waals surface area (Å²) in [6.07, 6.45) is 10.3. The Morgan fingerprint density at radius 1 is 0.833 bits per heavy atom. The van der Waals surface area contributed by atoms with Crippen LogP contribution in [0.4, 0.5) is 17.6 Å². The maximum Gasteiger partial charge on any atom is 1.00 e. The van der Waals surface area contributed by atoms with Crippen LogP contribution in [0, 0.1) is 23.3 Å². The van der Waals surface area contributed by atoms with E-state index in [2.05, 4.69) is 29.8 Å². The van der Waals surface area contributed by atoms with Gasteiger partial charge in [-0.05, 0) is 37.1 Å². The van der Waals surface area contributed by atoms with E-state index in [1.807, 2.05) is 0 Å². The number of carbonyl (C=O) groups excluding carboxylic acids is 1. The van der Waals surface area contributed by atoms with E-state index in [1.54, 1.807) is 34.9 Å². The standard InChI is InChI=1S/C12H16F2O.C6H13Br.C6H4F2O.C4H9O.C3H7NO.K/c1-2-3-4-5-9-15-12-10(13)7-6-8-11(12)14;1-2-3-4-5-6-7;7-4-2-1-3-5(8)6(4)9;1-4(2,3)5;1-4(2)3-5;/h6-8H,2-5,9H2,1H3;2-6H2,1H3;1-3,9H;1-3H3;3H,1-2H3;/q;;;-1;;+1. The summed E-state index contributed by atoms with van der Waals surface area (Å²) in [5, 5.41) is 19.7. The molecule has 0 aliphatic heterocycles. The molecule has 2 aromatic rings. The molecular weight excluding hydrogens is 645 g/mol. The molecule has 0 spiro atoms. The monoisotopic (exact) mass is 693 g/mol. The summed E-state index contributed by atoms with van der Waals surface area (Å²) in [5.41, 5.74) is -0.750. The summed E-state index contributed by atoms with van der Waals surface area (Å²) in [6, 6.07) is 6.88. The number of phenols is 1. The van der Waals surface area contributed by atoms with Crippen molar-refractivity contribution < 1.29 is 88.7 Å². The predicted octanol–water partition coefficient (Wildman–Crippen LogP) is 5.41. The van der Waals surface area contributed by atoms with E-state index in [0.29, 0.717) is 6.61 Å². The van der Waals surface area contributed by atoms with Crippen molar-refractivity contribution in [3.63, 3.8) is 0 Å². The summed E-state index contributed by atoms with van der Waals surface area (Å²) in [5.74, 6) is -4.31. The smallest absolute Gasteiger partial charge is 0.850 e. The second-order valence-corrected chi connectivity index (χ2v) is 10.8. The molecule has 0 atom stereocenters. The van der Waals surface area contributed by atoms with Crippen molar-refractivity contribution in [2.75, 3.05) is 26.0 Å². The van der Waals surface area contributed by atoms with E-state index >= 15 is 0 Å². The van der Waals surface area contributed by atoms with E-state index in [-0.39, 0.29) is 57.1 Å². The fraction of sp³-hybridized carbons (Fsp3) is 0.581. The van der Waals surface area contributed by atoms with Gasteiger partial charge >= 0.3 is 51.4 Å². The summed E-state index contributed by atoms with van der Waals surface area (Å²) in [4.78, 5) is 10.9. The van der Waals surface area contributed by atoms with Gasteiger partial charge in [-0.3, -0.25) is 4.79 Å². The van der Waals surface area contributed by atoms with Crippen molar-refractivity contribution in [3.8, 4) is 11.5 Å². The van der Waals surface area contributed by atoms with Crippen molar-refractivity contribution in [3.05, 3.63) is 59.7 Å². The Balaban J connectivity index is -0.000000231. The minimum Gasteiger partial charge on any atom is -0.850 e. The Bertz CT molecular complexity index is 853. The van der Waals surface area contributed by atoms with Gasteiger partial charge in [0.25, 0.3) is 0 Å². The van der Waals surface area contributed by atoms with E-state index in [1.165, 1.54) is 60.2 Å². The minimum atomic E-state index is -0.935. The number of hydrogen-bond acceptors (Lipinski definition) is 4. The van der Waals surface area contributed by atoms with Gasteiger partial charge in [-0.25, -0.2) is 17.6 Å². The third kappa shape index (κ3) is 35.5. The zero-order chi connectivity index (χ0) is 32.3. The molecule has 0 saturated heterocycles. The number of halogens is 5. The Morgan fingerprint density at radius 3 is 1.50 bits per heavy atom. The SMILES string of the molecule is CC(C)(C)[O-].CCCCCCBr.CCCCCCOc1c(F)cccc1F.CN(C)C=O.Oc1c(F)cccc1F.[K+]. The average molecular weight is 695 g/mol. The summed E-state index contributed by atoms with van der Waals surface area (Å²) in [6.45, 7) is 9.61. The number of carbonyl (C=O) groups is 1. The Labute approximate surface area is 302 Å². The van der Waals surface area contributed by atoms with E-state index < -0.39 is 34.6 Å². The number of amides is 1. The topological polar surface area (TPSA) is 72.8 Å². The number of nitrogens with zero attached hydrogens (tertiary/aromatic N) is 1. The first kappa shape index (κ1) is 48.2. The van der Waals surface area contributed by atoms with Gasteiger partial charge in [0.05, 0.1) is 6.61 Å². The molecule has 0 saturated carbocycles. The number of benzene rings is 2. The first-order chi connectivity index (χ1) is 19.2. The van der Waals surface area contributed by atoms with Gasteiger partial charge < -0.3 is 19.8 Å². The van der Waals surface area contributed by atoms with Crippen LogP contribution in [-0.4, -0.2) is 48.0 Å².